The van der Waals surface area contributed by atoms with Gasteiger partial charge in [-0.05, 0) is 55.1 Å². The Hall–Kier alpha value is -1.69. The smallest absolute Gasteiger partial charge is 0.243 e. The van der Waals surface area contributed by atoms with Crippen LogP contribution in [0.25, 0.3) is 0 Å². The van der Waals surface area contributed by atoms with Crippen molar-refractivity contribution >= 4 is 10.0 Å². The fourth-order valence-electron chi connectivity index (χ4n) is 3.98. The van der Waals surface area contributed by atoms with E-state index in [0.717, 1.165) is 31.4 Å². The molecule has 2 aromatic rings. The molecule has 1 aliphatic heterocycles. The van der Waals surface area contributed by atoms with Crippen LogP contribution in [0.5, 0.6) is 0 Å². The highest BCUT2D eigenvalue weighted by atomic mass is 32.2. The SMILES string of the molecule is CN1CCN(S(=O)(=O)c2ccc3c(c2)CCC3)[C@@H](c2ccccc2)C1. The van der Waals surface area contributed by atoms with Crippen molar-refractivity contribution in [3.8, 4) is 0 Å². The van der Waals surface area contributed by atoms with Gasteiger partial charge in [-0.2, -0.15) is 4.31 Å². The number of sulfonamides is 1. The van der Waals surface area contributed by atoms with E-state index in [4.69, 9.17) is 0 Å². The van der Waals surface area contributed by atoms with Crippen LogP contribution in [0.15, 0.2) is 53.4 Å². The molecule has 0 radical (unpaired) electrons. The van der Waals surface area contributed by atoms with Gasteiger partial charge in [0.05, 0.1) is 10.9 Å². The molecule has 0 aromatic heterocycles. The molecular weight excluding hydrogens is 332 g/mol. The van der Waals surface area contributed by atoms with Crippen molar-refractivity contribution < 1.29 is 8.42 Å². The Kier molecular flexibility index (Phi) is 4.40. The molecule has 4 nitrogen and oxygen atoms in total. The fraction of sp³-hybridized carbons (Fsp3) is 0.400. The molecule has 0 saturated carbocycles. The molecule has 2 aliphatic rings. The number of nitrogens with zero attached hydrogens (tertiary/aromatic N) is 2. The highest BCUT2D eigenvalue weighted by molar-refractivity contribution is 7.89. The van der Waals surface area contributed by atoms with E-state index >= 15 is 0 Å². The minimum absolute atomic E-state index is 0.141. The van der Waals surface area contributed by atoms with Crippen LogP contribution in [0.2, 0.25) is 0 Å². The van der Waals surface area contributed by atoms with E-state index in [1.165, 1.54) is 11.1 Å². The first-order valence-electron chi connectivity index (χ1n) is 8.93. The van der Waals surface area contributed by atoms with Gasteiger partial charge in [0, 0.05) is 19.6 Å². The van der Waals surface area contributed by atoms with Crippen molar-refractivity contribution in [2.75, 3.05) is 26.7 Å². The number of hydrogen-bond acceptors (Lipinski definition) is 3. The van der Waals surface area contributed by atoms with Gasteiger partial charge in [0.2, 0.25) is 10.0 Å². The molecule has 1 aliphatic carbocycles. The van der Waals surface area contributed by atoms with Crippen molar-refractivity contribution in [2.24, 2.45) is 0 Å². The average Bonchev–Trinajstić information content (AvgIpc) is 3.10. The zero-order chi connectivity index (χ0) is 17.4. The van der Waals surface area contributed by atoms with Crippen LogP contribution in [0.4, 0.5) is 0 Å². The van der Waals surface area contributed by atoms with Gasteiger partial charge in [0.15, 0.2) is 0 Å². The molecule has 0 amide bonds. The van der Waals surface area contributed by atoms with Crippen LogP contribution in [0.3, 0.4) is 0 Å². The molecule has 1 heterocycles. The van der Waals surface area contributed by atoms with Gasteiger partial charge < -0.3 is 4.90 Å². The summed E-state index contributed by atoms with van der Waals surface area (Å²) in [7, 11) is -1.45. The maximum Gasteiger partial charge on any atom is 0.243 e. The second-order valence-electron chi connectivity index (χ2n) is 7.09. The van der Waals surface area contributed by atoms with E-state index in [9.17, 15) is 8.42 Å². The number of hydrogen-bond donors (Lipinski definition) is 0. The van der Waals surface area contributed by atoms with E-state index in [0.29, 0.717) is 18.0 Å². The lowest BCUT2D eigenvalue weighted by molar-refractivity contribution is 0.160. The Bertz CT molecular complexity index is 865. The molecule has 0 spiro atoms. The van der Waals surface area contributed by atoms with Gasteiger partial charge in [-0.3, -0.25) is 0 Å². The molecule has 5 heteroatoms. The highest BCUT2D eigenvalue weighted by Crippen LogP contribution is 2.32. The average molecular weight is 356 g/mol. The summed E-state index contributed by atoms with van der Waals surface area (Å²) in [5.41, 5.74) is 3.56. The van der Waals surface area contributed by atoms with Crippen molar-refractivity contribution in [1.82, 2.24) is 9.21 Å². The summed E-state index contributed by atoms with van der Waals surface area (Å²) in [5, 5.41) is 0. The summed E-state index contributed by atoms with van der Waals surface area (Å²) in [5.74, 6) is 0. The molecule has 2 aromatic carbocycles. The predicted molar refractivity (Wildman–Crippen MR) is 99.0 cm³/mol. The fourth-order valence-corrected chi connectivity index (χ4v) is 5.63. The molecule has 1 fully saturated rings. The second-order valence-corrected chi connectivity index (χ2v) is 8.98. The molecule has 0 bridgehead atoms. The molecular formula is C20H24N2O2S. The number of rotatable bonds is 3. The Labute approximate surface area is 150 Å². The predicted octanol–water partition coefficient (Wildman–Crippen LogP) is 2.85. The first kappa shape index (κ1) is 16.8. The van der Waals surface area contributed by atoms with Crippen molar-refractivity contribution in [1.29, 1.82) is 0 Å². The Morgan fingerprint density at radius 3 is 2.52 bits per heavy atom. The quantitative estimate of drug-likeness (QED) is 0.849. The monoisotopic (exact) mass is 356 g/mol. The van der Waals surface area contributed by atoms with Gasteiger partial charge >= 0.3 is 0 Å². The maximum atomic E-state index is 13.4. The standard InChI is InChI=1S/C20H24N2O2S/c1-21-12-13-22(20(15-21)17-6-3-2-4-7-17)25(23,24)19-11-10-16-8-5-9-18(16)14-19/h2-4,6-7,10-11,14,20H,5,8-9,12-13,15H2,1H3/t20-/m1/s1. The third kappa shape index (κ3) is 3.12. The lowest BCUT2D eigenvalue weighted by Crippen LogP contribution is -2.49. The van der Waals surface area contributed by atoms with Crippen molar-refractivity contribution in [3.63, 3.8) is 0 Å². The summed E-state index contributed by atoms with van der Waals surface area (Å²) in [6, 6.07) is 15.5. The molecule has 4 rings (SSSR count). The van der Waals surface area contributed by atoms with Crippen LogP contribution in [-0.4, -0.2) is 44.3 Å². The minimum Gasteiger partial charge on any atom is -0.303 e. The summed E-state index contributed by atoms with van der Waals surface area (Å²) in [6.45, 7) is 2.00. The van der Waals surface area contributed by atoms with Gasteiger partial charge in [-0.25, -0.2) is 8.42 Å². The van der Waals surface area contributed by atoms with E-state index < -0.39 is 10.0 Å². The Morgan fingerprint density at radius 1 is 0.960 bits per heavy atom. The molecule has 25 heavy (non-hydrogen) atoms. The van der Waals surface area contributed by atoms with Crippen molar-refractivity contribution in [2.45, 2.75) is 30.2 Å². The molecule has 0 N–H and O–H groups in total. The van der Waals surface area contributed by atoms with Gasteiger partial charge in [-0.1, -0.05) is 36.4 Å². The molecule has 1 atom stereocenters. The van der Waals surface area contributed by atoms with Crippen LogP contribution in [-0.2, 0) is 22.9 Å². The Morgan fingerprint density at radius 2 is 1.72 bits per heavy atom. The molecule has 0 unspecified atom stereocenters. The summed E-state index contributed by atoms with van der Waals surface area (Å²) >= 11 is 0. The summed E-state index contributed by atoms with van der Waals surface area (Å²) in [4.78, 5) is 2.64. The zero-order valence-electron chi connectivity index (χ0n) is 14.6. The number of fused-ring (bicyclic) bond motifs is 1. The number of aryl methyl sites for hydroxylation is 2. The third-order valence-electron chi connectivity index (χ3n) is 5.40. The van der Waals surface area contributed by atoms with E-state index in [-0.39, 0.29) is 6.04 Å². The number of benzene rings is 2. The van der Waals surface area contributed by atoms with Crippen LogP contribution >= 0.6 is 0 Å². The van der Waals surface area contributed by atoms with E-state index in [2.05, 4.69) is 11.9 Å². The van der Waals surface area contributed by atoms with E-state index in [1.807, 2.05) is 42.5 Å². The Balaban J connectivity index is 1.72. The van der Waals surface area contributed by atoms with Crippen molar-refractivity contribution in [3.05, 3.63) is 65.2 Å². The highest BCUT2D eigenvalue weighted by Gasteiger charge is 2.36. The lowest BCUT2D eigenvalue weighted by atomic mass is 10.1. The molecule has 132 valence electrons. The third-order valence-corrected chi connectivity index (χ3v) is 7.30. The van der Waals surface area contributed by atoms with Crippen LogP contribution in [0.1, 0.15) is 29.2 Å². The second kappa shape index (κ2) is 6.56. The first-order chi connectivity index (χ1) is 12.1. The summed E-state index contributed by atoms with van der Waals surface area (Å²) in [6.07, 6.45) is 3.18. The number of piperazine rings is 1. The number of likely N-dealkylation sites (N-methyl/N-ethyl adjacent to an activating group) is 1. The summed E-state index contributed by atoms with van der Waals surface area (Å²) < 4.78 is 28.5. The normalized spacial score (nSPS) is 22.0. The van der Waals surface area contributed by atoms with Gasteiger partial charge in [-0.15, -0.1) is 0 Å². The first-order valence-corrected chi connectivity index (χ1v) is 10.4. The lowest BCUT2D eigenvalue weighted by Gasteiger charge is -2.39. The molecule has 1 saturated heterocycles. The van der Waals surface area contributed by atoms with Gasteiger partial charge in [0.1, 0.15) is 0 Å². The van der Waals surface area contributed by atoms with Crippen LogP contribution in [0, 0.1) is 0 Å². The topological polar surface area (TPSA) is 40.6 Å². The zero-order valence-corrected chi connectivity index (χ0v) is 15.4. The van der Waals surface area contributed by atoms with Gasteiger partial charge in [0.25, 0.3) is 0 Å². The van der Waals surface area contributed by atoms with E-state index in [1.54, 1.807) is 10.4 Å². The largest absolute Gasteiger partial charge is 0.303 e. The van der Waals surface area contributed by atoms with Crippen LogP contribution < -0.4 is 0 Å². The maximum absolute atomic E-state index is 13.4. The minimum atomic E-state index is -3.50.